The van der Waals surface area contributed by atoms with Crippen LogP contribution in [0.25, 0.3) is 0 Å². The first-order valence-electron chi connectivity index (χ1n) is 6.56. The zero-order valence-electron chi connectivity index (χ0n) is 12.3. The summed E-state index contributed by atoms with van der Waals surface area (Å²) in [6.45, 7) is 13.7. The molecule has 18 heavy (non-hydrogen) atoms. The van der Waals surface area contributed by atoms with E-state index in [2.05, 4.69) is 51.8 Å². The van der Waals surface area contributed by atoms with Crippen molar-refractivity contribution in [2.45, 2.75) is 71.8 Å². The summed E-state index contributed by atoms with van der Waals surface area (Å²) in [7, 11) is 0. The van der Waals surface area contributed by atoms with Crippen molar-refractivity contribution in [1.82, 2.24) is 10.3 Å². The van der Waals surface area contributed by atoms with Crippen LogP contribution in [-0.2, 0) is 11.3 Å². The number of aryl methyl sites for hydroxylation is 2. The fourth-order valence-corrected chi connectivity index (χ4v) is 3.67. The Morgan fingerprint density at radius 3 is 2.44 bits per heavy atom. The molecule has 0 aromatic carbocycles. The lowest BCUT2D eigenvalue weighted by atomic mass is 9.94. The molecule has 1 saturated heterocycles. The maximum absolute atomic E-state index is 6.09. The number of nitrogens with one attached hydrogen (secondary N) is 1. The molecule has 1 N–H and O–H groups in total. The fraction of sp³-hybridized carbons (Fsp3) is 0.786. The van der Waals surface area contributed by atoms with Gasteiger partial charge in [0.1, 0.15) is 0 Å². The van der Waals surface area contributed by atoms with E-state index in [-0.39, 0.29) is 11.2 Å². The van der Waals surface area contributed by atoms with Crippen molar-refractivity contribution in [1.29, 1.82) is 0 Å². The smallest absolute Gasteiger partial charge is 0.0900 e. The minimum Gasteiger partial charge on any atom is -0.368 e. The van der Waals surface area contributed by atoms with Gasteiger partial charge in [-0.05, 0) is 48.0 Å². The zero-order chi connectivity index (χ0) is 13.6. The molecule has 0 bridgehead atoms. The first kappa shape index (κ1) is 14.0. The Morgan fingerprint density at radius 1 is 1.33 bits per heavy atom. The predicted octanol–water partition coefficient (Wildman–Crippen LogP) is 3.20. The summed E-state index contributed by atoms with van der Waals surface area (Å²) in [5, 5.41) is 4.76. The lowest BCUT2D eigenvalue weighted by molar-refractivity contribution is -0.0699. The van der Waals surface area contributed by atoms with Gasteiger partial charge in [-0.15, -0.1) is 11.3 Å². The summed E-state index contributed by atoms with van der Waals surface area (Å²) in [6, 6.07) is 0.383. The Balaban J connectivity index is 2.00. The summed E-state index contributed by atoms with van der Waals surface area (Å²) in [5.74, 6) is 0. The largest absolute Gasteiger partial charge is 0.368 e. The number of hydrogen-bond acceptors (Lipinski definition) is 4. The molecule has 0 saturated carbocycles. The third-order valence-corrected chi connectivity index (χ3v) is 4.52. The van der Waals surface area contributed by atoms with E-state index in [0.29, 0.717) is 6.04 Å². The molecule has 102 valence electrons. The number of thiazole rings is 1. The highest BCUT2D eigenvalue weighted by Gasteiger charge is 2.45. The predicted molar refractivity (Wildman–Crippen MR) is 76.1 cm³/mol. The molecule has 2 rings (SSSR count). The molecule has 0 unspecified atom stereocenters. The second kappa shape index (κ2) is 4.58. The minimum absolute atomic E-state index is 0.0335. The van der Waals surface area contributed by atoms with Crippen LogP contribution in [-0.4, -0.2) is 22.2 Å². The lowest BCUT2D eigenvalue weighted by Gasteiger charge is -2.27. The fourth-order valence-electron chi connectivity index (χ4n) is 2.84. The maximum atomic E-state index is 6.09. The number of rotatable bonds is 3. The second-order valence-electron chi connectivity index (χ2n) is 6.34. The summed E-state index contributed by atoms with van der Waals surface area (Å²) >= 11 is 1.77. The Morgan fingerprint density at radius 2 is 2.00 bits per heavy atom. The monoisotopic (exact) mass is 268 g/mol. The van der Waals surface area contributed by atoms with Crippen LogP contribution in [0.2, 0.25) is 0 Å². The molecule has 1 aliphatic heterocycles. The molecule has 1 atom stereocenters. The molecule has 0 radical (unpaired) electrons. The first-order valence-corrected chi connectivity index (χ1v) is 7.38. The van der Waals surface area contributed by atoms with E-state index in [1.807, 2.05) is 0 Å². The first-order chi connectivity index (χ1) is 8.20. The number of hydrogen-bond donors (Lipinski definition) is 1. The van der Waals surface area contributed by atoms with Crippen LogP contribution in [0, 0.1) is 13.8 Å². The van der Waals surface area contributed by atoms with Crippen molar-refractivity contribution in [3.8, 4) is 0 Å². The van der Waals surface area contributed by atoms with Crippen LogP contribution in [0.5, 0.6) is 0 Å². The van der Waals surface area contributed by atoms with E-state index in [1.165, 1.54) is 10.6 Å². The van der Waals surface area contributed by atoms with Gasteiger partial charge < -0.3 is 10.1 Å². The van der Waals surface area contributed by atoms with Gasteiger partial charge in [-0.3, -0.25) is 0 Å². The Hall–Kier alpha value is -0.450. The molecule has 0 spiro atoms. The summed E-state index contributed by atoms with van der Waals surface area (Å²) in [6.07, 6.45) is 1.04. The van der Waals surface area contributed by atoms with E-state index in [9.17, 15) is 0 Å². The molecule has 0 aliphatic carbocycles. The van der Waals surface area contributed by atoms with E-state index < -0.39 is 0 Å². The third kappa shape index (κ3) is 2.92. The van der Waals surface area contributed by atoms with Crippen molar-refractivity contribution < 1.29 is 4.74 Å². The van der Waals surface area contributed by atoms with Gasteiger partial charge in [0.05, 0.1) is 21.9 Å². The van der Waals surface area contributed by atoms with Crippen LogP contribution in [0.4, 0.5) is 0 Å². The van der Waals surface area contributed by atoms with E-state index >= 15 is 0 Å². The third-order valence-electron chi connectivity index (χ3n) is 3.59. The standard InChI is InChI=1S/C14H24N2OS/c1-9-11(16-10(2)18-9)8-15-12-7-13(3,4)17-14(12,5)6/h12,15H,7-8H2,1-6H3/t12-/m1/s1. The van der Waals surface area contributed by atoms with Gasteiger partial charge in [-0.25, -0.2) is 4.98 Å². The molecule has 1 aromatic heterocycles. The number of nitrogens with zero attached hydrogens (tertiary/aromatic N) is 1. The second-order valence-corrected chi connectivity index (χ2v) is 7.75. The van der Waals surface area contributed by atoms with Crippen LogP contribution in [0.1, 0.15) is 49.7 Å². The van der Waals surface area contributed by atoms with E-state index in [1.54, 1.807) is 11.3 Å². The molecular formula is C14H24N2OS. The average molecular weight is 268 g/mol. The topological polar surface area (TPSA) is 34.2 Å². The van der Waals surface area contributed by atoms with Gasteiger partial charge in [-0.2, -0.15) is 0 Å². The molecule has 1 fully saturated rings. The van der Waals surface area contributed by atoms with Crippen LogP contribution in [0.3, 0.4) is 0 Å². The highest BCUT2D eigenvalue weighted by atomic mass is 32.1. The van der Waals surface area contributed by atoms with E-state index in [4.69, 9.17) is 4.74 Å². The van der Waals surface area contributed by atoms with Gasteiger partial charge in [0, 0.05) is 17.5 Å². The van der Waals surface area contributed by atoms with Gasteiger partial charge >= 0.3 is 0 Å². The average Bonchev–Trinajstić information content (AvgIpc) is 2.59. The quantitative estimate of drug-likeness (QED) is 0.914. The van der Waals surface area contributed by atoms with Gasteiger partial charge in [0.2, 0.25) is 0 Å². The van der Waals surface area contributed by atoms with Crippen molar-refractivity contribution in [3.05, 3.63) is 15.6 Å². The summed E-state index contributed by atoms with van der Waals surface area (Å²) in [4.78, 5) is 5.89. The zero-order valence-corrected chi connectivity index (χ0v) is 13.1. The SMILES string of the molecule is Cc1nc(CN[C@@H]2CC(C)(C)OC2(C)C)c(C)s1. The van der Waals surface area contributed by atoms with Crippen LogP contribution >= 0.6 is 11.3 Å². The summed E-state index contributed by atoms with van der Waals surface area (Å²) in [5.41, 5.74) is 1.04. The molecule has 2 heterocycles. The minimum atomic E-state index is -0.109. The van der Waals surface area contributed by atoms with Gasteiger partial charge in [0.15, 0.2) is 0 Å². The normalized spacial score (nSPS) is 25.6. The molecule has 4 heteroatoms. The Labute approximate surface area is 114 Å². The summed E-state index contributed by atoms with van der Waals surface area (Å²) < 4.78 is 6.09. The maximum Gasteiger partial charge on any atom is 0.0900 e. The molecule has 0 amide bonds. The highest BCUT2D eigenvalue weighted by molar-refractivity contribution is 7.11. The number of ether oxygens (including phenoxy) is 1. The van der Waals surface area contributed by atoms with Crippen LogP contribution in [0.15, 0.2) is 0 Å². The van der Waals surface area contributed by atoms with Crippen molar-refractivity contribution >= 4 is 11.3 Å². The highest BCUT2D eigenvalue weighted by Crippen LogP contribution is 2.37. The molecule has 1 aliphatic rings. The van der Waals surface area contributed by atoms with Crippen molar-refractivity contribution in [2.24, 2.45) is 0 Å². The van der Waals surface area contributed by atoms with Crippen LogP contribution < -0.4 is 5.32 Å². The Kier molecular flexibility index (Phi) is 3.56. The van der Waals surface area contributed by atoms with Crippen molar-refractivity contribution in [2.75, 3.05) is 0 Å². The van der Waals surface area contributed by atoms with E-state index in [0.717, 1.165) is 18.0 Å². The number of aromatic nitrogens is 1. The van der Waals surface area contributed by atoms with Gasteiger partial charge in [0.25, 0.3) is 0 Å². The molecule has 3 nitrogen and oxygen atoms in total. The Bertz CT molecular complexity index is 437. The molecule has 1 aromatic rings. The van der Waals surface area contributed by atoms with Gasteiger partial charge in [-0.1, -0.05) is 0 Å². The molecular weight excluding hydrogens is 244 g/mol. The van der Waals surface area contributed by atoms with Crippen molar-refractivity contribution in [3.63, 3.8) is 0 Å². The lowest BCUT2D eigenvalue weighted by Crippen LogP contribution is -2.43.